The number of ether oxygens (including phenoxy) is 6. The summed E-state index contributed by atoms with van der Waals surface area (Å²) in [6, 6.07) is 0. The number of carbonyl (C=O) groups excluding carboxylic acids is 2. The zero-order valence-electron chi connectivity index (χ0n) is 39.8. The third kappa shape index (κ3) is 26.4. The molecule has 0 aromatic heterocycles. The van der Waals surface area contributed by atoms with E-state index in [4.69, 9.17) is 28.4 Å². The van der Waals surface area contributed by atoms with Gasteiger partial charge in [-0.3, -0.25) is 9.59 Å². The topological polar surface area (TPSA) is 231 Å². The number of aliphatic hydroxyl groups is 7. The molecule has 0 amide bonds. The zero-order valence-corrected chi connectivity index (χ0v) is 39.8. The Morgan fingerprint density at radius 2 is 0.954 bits per heavy atom. The van der Waals surface area contributed by atoms with Gasteiger partial charge < -0.3 is 64.2 Å². The molecule has 2 aliphatic rings. The molecule has 380 valence electrons. The van der Waals surface area contributed by atoms with Gasteiger partial charge in [0.25, 0.3) is 0 Å². The van der Waals surface area contributed by atoms with E-state index in [2.05, 4.69) is 25.7 Å². The Hall–Kier alpha value is -2.02. The number of hydrogen-bond donors (Lipinski definition) is 7. The minimum absolute atomic E-state index is 0.164. The maximum Gasteiger partial charge on any atom is 0.306 e. The third-order valence-corrected chi connectivity index (χ3v) is 12.3. The molecule has 0 spiro atoms. The molecule has 2 heterocycles. The summed E-state index contributed by atoms with van der Waals surface area (Å²) in [7, 11) is 0. The lowest BCUT2D eigenvalue weighted by molar-refractivity contribution is -0.332. The summed E-state index contributed by atoms with van der Waals surface area (Å²) in [6.45, 7) is 4.11. The molecule has 0 aromatic carbocycles. The fraction of sp³-hybridized carbons (Fsp3) is 0.880. The lowest BCUT2D eigenvalue weighted by Crippen LogP contribution is -2.61. The normalized spacial score (nSPS) is 26.3. The SMILES string of the molecule is C=CCCCCCCCCCCCCCCCC(=O)O[C@H](COC(=O)CCCCCCC/C=C/CCCCCCC)CO[C@@H]1O[C@H](CO[C@@H]2O[C@H](CO)[C@H](O)C(O)C2O)[C@H](O)C(O)C1O. The van der Waals surface area contributed by atoms with Crippen LogP contribution < -0.4 is 0 Å². The summed E-state index contributed by atoms with van der Waals surface area (Å²) in [5.41, 5.74) is 0. The molecule has 0 aliphatic carbocycles. The highest BCUT2D eigenvalue weighted by molar-refractivity contribution is 5.70. The van der Waals surface area contributed by atoms with Gasteiger partial charge in [-0.15, -0.1) is 6.58 Å². The van der Waals surface area contributed by atoms with Crippen LogP contribution in [0.5, 0.6) is 0 Å². The van der Waals surface area contributed by atoms with Crippen molar-refractivity contribution in [1.82, 2.24) is 0 Å². The predicted molar refractivity (Wildman–Crippen MR) is 247 cm³/mol. The average Bonchev–Trinajstić information content (AvgIpc) is 3.30. The maximum absolute atomic E-state index is 13.0. The van der Waals surface area contributed by atoms with Crippen molar-refractivity contribution in [2.75, 3.05) is 26.4 Å². The van der Waals surface area contributed by atoms with Crippen molar-refractivity contribution in [2.24, 2.45) is 0 Å². The van der Waals surface area contributed by atoms with Crippen LogP contribution in [0.2, 0.25) is 0 Å². The van der Waals surface area contributed by atoms with Crippen molar-refractivity contribution in [2.45, 2.75) is 254 Å². The number of unbranched alkanes of at least 4 members (excludes halogenated alkanes) is 23. The first-order valence-corrected chi connectivity index (χ1v) is 25.4. The molecule has 0 saturated carbocycles. The van der Waals surface area contributed by atoms with E-state index in [0.29, 0.717) is 12.8 Å². The van der Waals surface area contributed by atoms with Gasteiger partial charge in [0.15, 0.2) is 18.7 Å². The molecule has 0 bridgehead atoms. The molecule has 0 aromatic rings. The smallest absolute Gasteiger partial charge is 0.306 e. The fourth-order valence-corrected chi connectivity index (χ4v) is 8.07. The van der Waals surface area contributed by atoms with Gasteiger partial charge in [-0.25, -0.2) is 0 Å². The van der Waals surface area contributed by atoms with Crippen LogP contribution in [0.1, 0.15) is 187 Å². The molecule has 15 nitrogen and oxygen atoms in total. The van der Waals surface area contributed by atoms with Gasteiger partial charge in [-0.05, 0) is 51.4 Å². The molecule has 0 radical (unpaired) electrons. The van der Waals surface area contributed by atoms with Gasteiger partial charge >= 0.3 is 11.9 Å². The average molecular weight is 931 g/mol. The van der Waals surface area contributed by atoms with Crippen LogP contribution in [0.15, 0.2) is 24.8 Å². The van der Waals surface area contributed by atoms with E-state index in [9.17, 15) is 45.3 Å². The Bertz CT molecular complexity index is 1220. The molecule has 65 heavy (non-hydrogen) atoms. The van der Waals surface area contributed by atoms with Crippen LogP contribution >= 0.6 is 0 Å². The number of aliphatic hydroxyl groups excluding tert-OH is 7. The van der Waals surface area contributed by atoms with Crippen molar-refractivity contribution < 1.29 is 73.8 Å². The molecule has 15 heteroatoms. The van der Waals surface area contributed by atoms with Gasteiger partial charge in [-0.2, -0.15) is 0 Å². The second kappa shape index (κ2) is 37.9. The lowest BCUT2D eigenvalue weighted by atomic mass is 9.98. The van der Waals surface area contributed by atoms with Gasteiger partial charge in [-0.1, -0.05) is 141 Å². The van der Waals surface area contributed by atoms with Gasteiger partial charge in [0.1, 0.15) is 55.4 Å². The van der Waals surface area contributed by atoms with Gasteiger partial charge in [0.2, 0.25) is 0 Å². The molecule has 2 aliphatic heterocycles. The summed E-state index contributed by atoms with van der Waals surface area (Å²) >= 11 is 0. The number of rotatable bonds is 40. The number of hydrogen-bond acceptors (Lipinski definition) is 15. The molecule has 7 N–H and O–H groups in total. The Balaban J connectivity index is 1.81. The van der Waals surface area contributed by atoms with Crippen molar-refractivity contribution in [3.63, 3.8) is 0 Å². The largest absolute Gasteiger partial charge is 0.462 e. The monoisotopic (exact) mass is 931 g/mol. The Kier molecular flexibility index (Phi) is 34.5. The predicted octanol–water partition coefficient (Wildman–Crippen LogP) is 6.77. The van der Waals surface area contributed by atoms with Crippen LogP contribution in [-0.2, 0) is 38.0 Å². The van der Waals surface area contributed by atoms with Crippen LogP contribution in [-0.4, -0.2) is 142 Å². The highest BCUT2D eigenvalue weighted by atomic mass is 16.7. The number of allylic oxidation sites excluding steroid dienone is 3. The van der Waals surface area contributed by atoms with E-state index >= 15 is 0 Å². The second-order valence-electron chi connectivity index (χ2n) is 18.1. The number of esters is 2. The van der Waals surface area contributed by atoms with Crippen molar-refractivity contribution in [1.29, 1.82) is 0 Å². The lowest BCUT2D eigenvalue weighted by Gasteiger charge is -2.42. The van der Waals surface area contributed by atoms with E-state index in [0.717, 1.165) is 64.2 Å². The Labute approximate surface area is 390 Å². The summed E-state index contributed by atoms with van der Waals surface area (Å²) in [5.74, 6) is -0.933. The molecular weight excluding hydrogens is 841 g/mol. The van der Waals surface area contributed by atoms with Crippen LogP contribution in [0.3, 0.4) is 0 Å². The van der Waals surface area contributed by atoms with E-state index in [1.165, 1.54) is 89.9 Å². The van der Waals surface area contributed by atoms with Crippen LogP contribution in [0.4, 0.5) is 0 Å². The van der Waals surface area contributed by atoms with Crippen LogP contribution in [0.25, 0.3) is 0 Å². The Morgan fingerprint density at radius 3 is 1.46 bits per heavy atom. The minimum atomic E-state index is -1.76. The summed E-state index contributed by atoms with van der Waals surface area (Å²) < 4.78 is 33.5. The fourth-order valence-electron chi connectivity index (χ4n) is 8.07. The molecule has 2 saturated heterocycles. The van der Waals surface area contributed by atoms with Crippen LogP contribution in [0, 0.1) is 0 Å². The molecule has 2 rings (SSSR count). The first kappa shape index (κ1) is 59.1. The molecular formula is C50H90O15. The molecule has 11 atom stereocenters. The van der Waals surface area contributed by atoms with Gasteiger partial charge in [0.05, 0.1) is 19.8 Å². The summed E-state index contributed by atoms with van der Waals surface area (Å²) in [4.78, 5) is 25.7. The quantitative estimate of drug-likeness (QED) is 0.0191. The van der Waals surface area contributed by atoms with E-state index < -0.39 is 92.7 Å². The Morgan fingerprint density at radius 1 is 0.523 bits per heavy atom. The van der Waals surface area contributed by atoms with Gasteiger partial charge in [0, 0.05) is 12.8 Å². The first-order chi connectivity index (χ1) is 31.5. The highest BCUT2D eigenvalue weighted by Gasteiger charge is 2.47. The van der Waals surface area contributed by atoms with Crippen molar-refractivity contribution >= 4 is 11.9 Å². The summed E-state index contributed by atoms with van der Waals surface area (Å²) in [5, 5.41) is 72.0. The van der Waals surface area contributed by atoms with E-state index in [1.807, 2.05) is 6.08 Å². The zero-order chi connectivity index (χ0) is 47.5. The molecule has 4 unspecified atom stereocenters. The molecule has 2 fully saturated rings. The first-order valence-electron chi connectivity index (χ1n) is 25.4. The van der Waals surface area contributed by atoms with Crippen molar-refractivity contribution in [3.05, 3.63) is 24.8 Å². The van der Waals surface area contributed by atoms with E-state index in [1.54, 1.807) is 0 Å². The van der Waals surface area contributed by atoms with E-state index in [-0.39, 0.29) is 26.1 Å². The van der Waals surface area contributed by atoms with Crippen molar-refractivity contribution in [3.8, 4) is 0 Å². The third-order valence-electron chi connectivity index (χ3n) is 12.3. The standard InChI is InChI=1S/C50H90O15/c1-3-5-7-9-11-13-15-17-19-21-23-25-27-29-31-33-42(53)63-38(35-60-41(52)32-30-28-26-24-22-20-18-16-14-12-10-8-6-4-2)36-61-49-48(59)46(57)44(55)40(65-49)37-62-50-47(58)45(56)43(54)39(34-51)64-50/h3,16,18,38-40,43-51,54-59H,1,4-15,17,19-37H2,2H3/b18-16+/t38-,39-,40-,43+,44+,45?,46?,47?,48?,49-,50-/m1/s1. The highest BCUT2D eigenvalue weighted by Crippen LogP contribution is 2.26. The number of carbonyl (C=O) groups is 2. The summed E-state index contributed by atoms with van der Waals surface area (Å²) in [6.07, 6.45) is 19.5. The minimum Gasteiger partial charge on any atom is -0.462 e. The second-order valence-corrected chi connectivity index (χ2v) is 18.1. The maximum atomic E-state index is 13.0.